The summed E-state index contributed by atoms with van der Waals surface area (Å²) in [7, 11) is 0. The van der Waals surface area contributed by atoms with E-state index in [4.69, 9.17) is 15.7 Å². The van der Waals surface area contributed by atoms with Gasteiger partial charge in [0.1, 0.15) is 11.5 Å². The van der Waals surface area contributed by atoms with Crippen LogP contribution in [-0.2, 0) is 0 Å². The Morgan fingerprint density at radius 3 is 2.05 bits per heavy atom. The maximum absolute atomic E-state index is 9.02. The highest BCUT2D eigenvalue weighted by Crippen LogP contribution is 2.25. The van der Waals surface area contributed by atoms with Gasteiger partial charge >= 0.3 is 0 Å². The van der Waals surface area contributed by atoms with Gasteiger partial charge in [-0.25, -0.2) is 0 Å². The van der Waals surface area contributed by atoms with E-state index < -0.39 is 0 Å². The Bertz CT molecular complexity index is 567. The van der Waals surface area contributed by atoms with Gasteiger partial charge in [0.15, 0.2) is 0 Å². The Balaban J connectivity index is 2.11. The van der Waals surface area contributed by atoms with E-state index in [1.165, 1.54) is 0 Å². The first-order valence-electron chi connectivity index (χ1n) is 6.26. The van der Waals surface area contributed by atoms with Gasteiger partial charge in [-0.2, -0.15) is 5.26 Å². The normalized spacial score (nSPS) is 11.6. The van der Waals surface area contributed by atoms with E-state index in [0.29, 0.717) is 5.69 Å². The summed E-state index contributed by atoms with van der Waals surface area (Å²) >= 11 is 0. The largest absolute Gasteiger partial charge is 0.457 e. The van der Waals surface area contributed by atoms with E-state index in [0.717, 1.165) is 23.5 Å². The molecule has 3 heteroatoms. The number of nitrogen functional groups attached to an aromatic ring is 1. The van der Waals surface area contributed by atoms with Crippen molar-refractivity contribution in [1.82, 2.24) is 0 Å². The molecule has 0 aliphatic rings. The van der Waals surface area contributed by atoms with E-state index >= 15 is 0 Å². The first kappa shape index (κ1) is 13.0. The molecule has 0 aliphatic heterocycles. The number of anilines is 1. The molecular formula is C16H16N2O. The maximum Gasteiger partial charge on any atom is 0.127 e. The molecule has 0 fully saturated rings. The second kappa shape index (κ2) is 5.92. The fourth-order valence-corrected chi connectivity index (χ4v) is 1.84. The highest BCUT2D eigenvalue weighted by atomic mass is 16.5. The Hall–Kier alpha value is -2.47. The van der Waals surface area contributed by atoms with Crippen LogP contribution in [0.1, 0.15) is 24.8 Å². The standard InChI is InChI=1S/C16H16N2O/c1-2-12(11-17)13-3-7-15(8-4-13)19-16-9-5-14(18)6-10-16/h3-10,12H,2,18H2,1H3. The predicted octanol–water partition coefficient (Wildman–Crippen LogP) is 4.08. The van der Waals surface area contributed by atoms with Gasteiger partial charge in [0.25, 0.3) is 0 Å². The van der Waals surface area contributed by atoms with Crippen molar-refractivity contribution in [3.63, 3.8) is 0 Å². The molecule has 1 atom stereocenters. The molecular weight excluding hydrogens is 236 g/mol. The van der Waals surface area contributed by atoms with Gasteiger partial charge in [-0.1, -0.05) is 19.1 Å². The van der Waals surface area contributed by atoms with Crippen LogP contribution < -0.4 is 10.5 Å². The summed E-state index contributed by atoms with van der Waals surface area (Å²) in [6.45, 7) is 2.01. The number of rotatable bonds is 4. The number of hydrogen-bond donors (Lipinski definition) is 1. The number of hydrogen-bond acceptors (Lipinski definition) is 3. The Morgan fingerprint density at radius 2 is 1.58 bits per heavy atom. The highest BCUT2D eigenvalue weighted by molar-refractivity contribution is 5.43. The van der Waals surface area contributed by atoms with Crippen molar-refractivity contribution in [3.8, 4) is 17.6 Å². The summed E-state index contributed by atoms with van der Waals surface area (Å²) in [5, 5.41) is 9.02. The molecule has 0 spiro atoms. The molecule has 19 heavy (non-hydrogen) atoms. The van der Waals surface area contributed by atoms with Gasteiger partial charge in [0.05, 0.1) is 12.0 Å². The quantitative estimate of drug-likeness (QED) is 0.834. The van der Waals surface area contributed by atoms with Crippen LogP contribution in [0, 0.1) is 11.3 Å². The van der Waals surface area contributed by atoms with Gasteiger partial charge in [-0.3, -0.25) is 0 Å². The topological polar surface area (TPSA) is 59.0 Å². The fraction of sp³-hybridized carbons (Fsp3) is 0.188. The molecule has 0 aliphatic carbocycles. The predicted molar refractivity (Wildman–Crippen MR) is 76.0 cm³/mol. The zero-order valence-corrected chi connectivity index (χ0v) is 10.8. The van der Waals surface area contributed by atoms with Crippen molar-refractivity contribution in [1.29, 1.82) is 5.26 Å². The first-order valence-corrected chi connectivity index (χ1v) is 6.26. The molecule has 2 aromatic rings. The third kappa shape index (κ3) is 3.26. The Labute approximate surface area is 113 Å². The van der Waals surface area contributed by atoms with Crippen LogP contribution in [0.5, 0.6) is 11.5 Å². The third-order valence-corrected chi connectivity index (χ3v) is 2.96. The number of nitriles is 1. The van der Waals surface area contributed by atoms with Crippen LogP contribution in [0.4, 0.5) is 5.69 Å². The summed E-state index contributed by atoms with van der Waals surface area (Å²) < 4.78 is 5.70. The van der Waals surface area contributed by atoms with E-state index in [1.807, 2.05) is 43.3 Å². The molecule has 0 saturated heterocycles. The average Bonchev–Trinajstić information content (AvgIpc) is 2.44. The van der Waals surface area contributed by atoms with Crippen molar-refractivity contribution in [2.24, 2.45) is 0 Å². The summed E-state index contributed by atoms with van der Waals surface area (Å²) in [6.07, 6.45) is 0.814. The summed E-state index contributed by atoms with van der Waals surface area (Å²) in [6, 6.07) is 17.2. The molecule has 2 aromatic carbocycles. The van der Waals surface area contributed by atoms with E-state index in [2.05, 4.69) is 6.07 Å². The lowest BCUT2D eigenvalue weighted by Crippen LogP contribution is -1.93. The zero-order valence-electron chi connectivity index (χ0n) is 10.8. The lowest BCUT2D eigenvalue weighted by molar-refractivity contribution is 0.482. The summed E-state index contributed by atoms with van der Waals surface area (Å²) in [4.78, 5) is 0. The molecule has 1 unspecified atom stereocenters. The van der Waals surface area contributed by atoms with Crippen molar-refractivity contribution >= 4 is 5.69 Å². The lowest BCUT2D eigenvalue weighted by atomic mass is 9.98. The molecule has 96 valence electrons. The van der Waals surface area contributed by atoms with E-state index in [9.17, 15) is 0 Å². The molecule has 3 nitrogen and oxygen atoms in total. The van der Waals surface area contributed by atoms with Crippen LogP contribution in [-0.4, -0.2) is 0 Å². The van der Waals surface area contributed by atoms with Crippen LogP contribution >= 0.6 is 0 Å². The van der Waals surface area contributed by atoms with Crippen LogP contribution in [0.2, 0.25) is 0 Å². The maximum atomic E-state index is 9.02. The SMILES string of the molecule is CCC(C#N)c1ccc(Oc2ccc(N)cc2)cc1. The van der Waals surface area contributed by atoms with Crippen molar-refractivity contribution in [3.05, 3.63) is 54.1 Å². The summed E-state index contributed by atoms with van der Waals surface area (Å²) in [5.74, 6) is 1.45. The van der Waals surface area contributed by atoms with Gasteiger partial charge in [-0.15, -0.1) is 0 Å². The van der Waals surface area contributed by atoms with Crippen LogP contribution in [0.25, 0.3) is 0 Å². The van der Waals surface area contributed by atoms with Gasteiger partial charge in [0, 0.05) is 5.69 Å². The highest BCUT2D eigenvalue weighted by Gasteiger charge is 2.07. The van der Waals surface area contributed by atoms with Crippen molar-refractivity contribution in [2.45, 2.75) is 19.3 Å². The fourth-order valence-electron chi connectivity index (χ4n) is 1.84. The molecule has 2 rings (SSSR count). The van der Waals surface area contributed by atoms with Crippen molar-refractivity contribution < 1.29 is 4.74 Å². The van der Waals surface area contributed by atoms with Gasteiger partial charge in [0.2, 0.25) is 0 Å². The zero-order chi connectivity index (χ0) is 13.7. The third-order valence-electron chi connectivity index (χ3n) is 2.96. The van der Waals surface area contributed by atoms with E-state index in [1.54, 1.807) is 12.1 Å². The molecule has 0 heterocycles. The monoisotopic (exact) mass is 252 g/mol. The number of nitrogens with zero attached hydrogens (tertiary/aromatic N) is 1. The van der Waals surface area contributed by atoms with Crippen LogP contribution in [0.3, 0.4) is 0 Å². The number of nitrogens with two attached hydrogens (primary N) is 1. The summed E-state index contributed by atoms with van der Waals surface area (Å²) in [5.41, 5.74) is 7.35. The number of benzene rings is 2. The second-order valence-electron chi connectivity index (χ2n) is 4.33. The smallest absolute Gasteiger partial charge is 0.127 e. The van der Waals surface area contributed by atoms with Crippen molar-refractivity contribution in [2.75, 3.05) is 5.73 Å². The molecule has 2 N–H and O–H groups in total. The molecule has 0 amide bonds. The van der Waals surface area contributed by atoms with Gasteiger partial charge in [-0.05, 0) is 48.4 Å². The molecule has 0 saturated carbocycles. The second-order valence-corrected chi connectivity index (χ2v) is 4.33. The Morgan fingerprint density at radius 1 is 1.05 bits per heavy atom. The van der Waals surface area contributed by atoms with E-state index in [-0.39, 0.29) is 5.92 Å². The lowest BCUT2D eigenvalue weighted by Gasteiger charge is -2.09. The average molecular weight is 252 g/mol. The first-order chi connectivity index (χ1) is 9.22. The molecule has 0 radical (unpaired) electrons. The van der Waals surface area contributed by atoms with Crippen LogP contribution in [0.15, 0.2) is 48.5 Å². The number of ether oxygens (including phenoxy) is 1. The molecule has 0 aromatic heterocycles. The minimum atomic E-state index is -0.0504. The minimum absolute atomic E-state index is 0.0504. The molecule has 0 bridgehead atoms. The minimum Gasteiger partial charge on any atom is -0.457 e. The van der Waals surface area contributed by atoms with Gasteiger partial charge < -0.3 is 10.5 Å². The Kier molecular flexibility index (Phi) is 4.04.